The third-order valence-electron chi connectivity index (χ3n) is 6.66. The first-order valence-electron chi connectivity index (χ1n) is 7.03. The van der Waals surface area contributed by atoms with E-state index in [1.54, 1.807) is 0 Å². The Hall–Kier alpha value is -0.860. The molecular formula is C15H20O3. The first kappa shape index (κ1) is 11.0. The maximum atomic E-state index is 12.0. The summed E-state index contributed by atoms with van der Waals surface area (Å²) in [5.41, 5.74) is -0.104. The lowest BCUT2D eigenvalue weighted by Crippen LogP contribution is -2.30. The fourth-order valence-corrected chi connectivity index (χ4v) is 6.04. The molecule has 0 bridgehead atoms. The first-order valence-corrected chi connectivity index (χ1v) is 7.03. The van der Waals surface area contributed by atoms with E-state index in [0.29, 0.717) is 35.4 Å². The van der Waals surface area contributed by atoms with Crippen LogP contribution < -0.4 is 0 Å². The molecule has 4 rings (SSSR count). The van der Waals surface area contributed by atoms with Gasteiger partial charge in [-0.1, -0.05) is 6.92 Å². The Labute approximate surface area is 107 Å². The van der Waals surface area contributed by atoms with Crippen molar-refractivity contribution in [1.82, 2.24) is 0 Å². The highest BCUT2D eigenvalue weighted by Gasteiger charge is 2.80. The van der Waals surface area contributed by atoms with Crippen molar-refractivity contribution in [3.63, 3.8) is 0 Å². The summed E-state index contributed by atoms with van der Waals surface area (Å²) in [6.45, 7) is 4.34. The Morgan fingerprint density at radius 3 is 2.72 bits per heavy atom. The molecule has 3 nitrogen and oxygen atoms in total. The van der Waals surface area contributed by atoms with E-state index in [1.165, 1.54) is 7.11 Å². The van der Waals surface area contributed by atoms with Crippen molar-refractivity contribution in [3.8, 4) is 0 Å². The molecule has 4 saturated carbocycles. The van der Waals surface area contributed by atoms with Gasteiger partial charge in [-0.2, -0.15) is 0 Å². The van der Waals surface area contributed by atoms with Crippen LogP contribution in [0.5, 0.6) is 0 Å². The molecule has 0 radical (unpaired) electrons. The monoisotopic (exact) mass is 248 g/mol. The minimum atomic E-state index is -0.302. The maximum Gasteiger partial charge on any atom is 0.311 e. The fourth-order valence-electron chi connectivity index (χ4n) is 6.04. The van der Waals surface area contributed by atoms with Gasteiger partial charge in [0.05, 0.1) is 12.5 Å². The van der Waals surface area contributed by atoms with Gasteiger partial charge in [-0.15, -0.1) is 0 Å². The van der Waals surface area contributed by atoms with Gasteiger partial charge in [0.2, 0.25) is 0 Å². The number of hydrogen-bond donors (Lipinski definition) is 0. The van der Waals surface area contributed by atoms with Crippen LogP contribution in [-0.2, 0) is 14.3 Å². The second kappa shape index (κ2) is 2.83. The van der Waals surface area contributed by atoms with Gasteiger partial charge < -0.3 is 4.74 Å². The Kier molecular flexibility index (Phi) is 1.73. The van der Waals surface area contributed by atoms with Crippen molar-refractivity contribution in [3.05, 3.63) is 0 Å². The minimum absolute atomic E-state index is 0.0556. The molecule has 98 valence electrons. The van der Waals surface area contributed by atoms with Gasteiger partial charge in [-0.05, 0) is 48.9 Å². The maximum absolute atomic E-state index is 12.0. The Bertz CT molecular complexity index is 470. The zero-order valence-corrected chi connectivity index (χ0v) is 11.2. The molecule has 4 aliphatic rings. The molecule has 0 aromatic rings. The molecule has 0 N–H and O–H groups in total. The molecule has 0 heterocycles. The van der Waals surface area contributed by atoms with Gasteiger partial charge in [-0.25, -0.2) is 0 Å². The van der Waals surface area contributed by atoms with Crippen LogP contribution in [0.15, 0.2) is 0 Å². The summed E-state index contributed by atoms with van der Waals surface area (Å²) >= 11 is 0. The predicted molar refractivity (Wildman–Crippen MR) is 64.5 cm³/mol. The van der Waals surface area contributed by atoms with Gasteiger partial charge >= 0.3 is 5.97 Å². The SMILES string of the molecule is COC(=O)[C@@]1(C)C[C@@H]2C3C4C(=O)C[C@](C)([C@H]43)[C@@H]2C1. The van der Waals surface area contributed by atoms with Crippen molar-refractivity contribution in [2.45, 2.75) is 33.1 Å². The summed E-state index contributed by atoms with van der Waals surface area (Å²) in [4.78, 5) is 23.9. The number of esters is 1. The number of methoxy groups -OCH3 is 1. The van der Waals surface area contributed by atoms with E-state index in [9.17, 15) is 9.59 Å². The number of fused-ring (bicyclic) bond motifs is 4. The number of carbonyl (C=O) groups excluding carboxylic acids is 2. The van der Waals surface area contributed by atoms with Crippen LogP contribution in [0.2, 0.25) is 0 Å². The average Bonchev–Trinajstić information content (AvgIpc) is 2.84. The molecule has 0 spiro atoms. The third kappa shape index (κ3) is 0.960. The number of rotatable bonds is 1. The lowest BCUT2D eigenvalue weighted by atomic mass is 9.73. The molecule has 2 unspecified atom stereocenters. The van der Waals surface area contributed by atoms with E-state index in [2.05, 4.69) is 6.92 Å². The minimum Gasteiger partial charge on any atom is -0.469 e. The van der Waals surface area contributed by atoms with E-state index in [1.807, 2.05) is 6.92 Å². The summed E-state index contributed by atoms with van der Waals surface area (Å²) in [6, 6.07) is 0. The summed E-state index contributed by atoms with van der Waals surface area (Å²) in [7, 11) is 1.49. The highest BCUT2D eigenvalue weighted by molar-refractivity contribution is 5.89. The van der Waals surface area contributed by atoms with Gasteiger partial charge in [0.1, 0.15) is 5.78 Å². The highest BCUT2D eigenvalue weighted by Crippen LogP contribution is 2.81. The summed E-state index contributed by atoms with van der Waals surface area (Å²) in [5, 5.41) is 0. The highest BCUT2D eigenvalue weighted by atomic mass is 16.5. The second-order valence-electron chi connectivity index (χ2n) is 7.51. The van der Waals surface area contributed by atoms with E-state index in [0.717, 1.165) is 19.3 Å². The van der Waals surface area contributed by atoms with E-state index in [4.69, 9.17) is 4.74 Å². The average molecular weight is 248 g/mol. The molecule has 0 amide bonds. The van der Waals surface area contributed by atoms with Gasteiger partial charge in [0.15, 0.2) is 0 Å². The molecule has 3 heteroatoms. The number of ketones is 1. The Balaban J connectivity index is 1.68. The Morgan fingerprint density at radius 1 is 1.33 bits per heavy atom. The molecular weight excluding hydrogens is 228 g/mol. The van der Waals surface area contributed by atoms with Crippen LogP contribution in [0.4, 0.5) is 0 Å². The van der Waals surface area contributed by atoms with Crippen LogP contribution >= 0.6 is 0 Å². The smallest absolute Gasteiger partial charge is 0.311 e. The van der Waals surface area contributed by atoms with Crippen LogP contribution in [-0.4, -0.2) is 18.9 Å². The lowest BCUT2D eigenvalue weighted by molar-refractivity contribution is -0.152. The zero-order chi connectivity index (χ0) is 12.9. The van der Waals surface area contributed by atoms with Crippen molar-refractivity contribution in [1.29, 1.82) is 0 Å². The van der Waals surface area contributed by atoms with E-state index in [-0.39, 0.29) is 16.8 Å². The molecule has 0 aromatic carbocycles. The van der Waals surface area contributed by atoms with E-state index >= 15 is 0 Å². The molecule has 0 aromatic heterocycles. The predicted octanol–water partition coefficient (Wildman–Crippen LogP) is 2.05. The van der Waals surface area contributed by atoms with Gasteiger partial charge in [0.25, 0.3) is 0 Å². The van der Waals surface area contributed by atoms with Crippen LogP contribution in [0.25, 0.3) is 0 Å². The molecule has 7 atom stereocenters. The fraction of sp³-hybridized carbons (Fsp3) is 0.867. The largest absolute Gasteiger partial charge is 0.469 e. The standard InChI is InChI=1S/C15H20O3/c1-14(13(17)18-3)4-7-8(5-14)15(2)6-9(16)11-10(7)12(11)15/h7-8,10-12H,4-6H2,1-3H3/t7-,8+,10?,11?,12-,14-,15-/m0/s1. The number of Topliss-reactive ketones (excluding diaryl/α,β-unsaturated/α-hetero) is 1. The molecule has 18 heavy (non-hydrogen) atoms. The number of ether oxygens (including phenoxy) is 1. The van der Waals surface area contributed by atoms with Crippen LogP contribution in [0.3, 0.4) is 0 Å². The summed E-state index contributed by atoms with van der Waals surface area (Å²) in [6.07, 6.45) is 2.62. The van der Waals surface area contributed by atoms with Crippen molar-refractivity contribution in [2.24, 2.45) is 40.4 Å². The topological polar surface area (TPSA) is 43.4 Å². The first-order chi connectivity index (χ1) is 8.42. The van der Waals surface area contributed by atoms with Crippen LogP contribution in [0, 0.1) is 40.4 Å². The second-order valence-corrected chi connectivity index (χ2v) is 7.51. The lowest BCUT2D eigenvalue weighted by Gasteiger charge is -2.31. The number of hydrogen-bond acceptors (Lipinski definition) is 3. The summed E-state index contributed by atoms with van der Waals surface area (Å²) < 4.78 is 4.98. The third-order valence-corrected chi connectivity index (χ3v) is 6.66. The Morgan fingerprint density at radius 2 is 2.06 bits per heavy atom. The van der Waals surface area contributed by atoms with E-state index < -0.39 is 0 Å². The van der Waals surface area contributed by atoms with Gasteiger partial charge in [0, 0.05) is 12.3 Å². The quantitative estimate of drug-likeness (QED) is 0.667. The van der Waals surface area contributed by atoms with Crippen molar-refractivity contribution in [2.75, 3.05) is 7.11 Å². The number of carbonyl (C=O) groups is 2. The molecule has 4 fully saturated rings. The van der Waals surface area contributed by atoms with Crippen molar-refractivity contribution < 1.29 is 14.3 Å². The normalized spacial score (nSPS) is 59.5. The van der Waals surface area contributed by atoms with Gasteiger partial charge in [-0.3, -0.25) is 9.59 Å². The zero-order valence-electron chi connectivity index (χ0n) is 11.2. The van der Waals surface area contributed by atoms with Crippen LogP contribution in [0.1, 0.15) is 33.1 Å². The molecule has 4 aliphatic carbocycles. The molecule has 0 saturated heterocycles. The summed E-state index contributed by atoms with van der Waals surface area (Å²) in [5.74, 6) is 3.23. The van der Waals surface area contributed by atoms with Crippen molar-refractivity contribution >= 4 is 11.8 Å². The molecule has 0 aliphatic heterocycles.